The Hall–Kier alpha value is -3.68. The highest BCUT2D eigenvalue weighted by Gasteiger charge is 2.19. The van der Waals surface area contributed by atoms with Gasteiger partial charge in [-0.05, 0) is 31.9 Å². The smallest absolute Gasteiger partial charge is 0.332 e. The highest BCUT2D eigenvalue weighted by molar-refractivity contribution is 5.98. The van der Waals surface area contributed by atoms with Gasteiger partial charge in [-0.2, -0.15) is 0 Å². The third-order valence-corrected chi connectivity index (χ3v) is 5.87. The van der Waals surface area contributed by atoms with Crippen LogP contribution in [-0.2, 0) is 33.6 Å². The molecule has 0 saturated heterocycles. The van der Waals surface area contributed by atoms with E-state index in [-0.39, 0.29) is 23.5 Å². The summed E-state index contributed by atoms with van der Waals surface area (Å²) < 4.78 is 6.01. The van der Waals surface area contributed by atoms with Crippen LogP contribution in [0.25, 0.3) is 11.2 Å². The van der Waals surface area contributed by atoms with E-state index in [0.29, 0.717) is 5.56 Å². The molecule has 3 aromatic heterocycles. The molecule has 0 atom stereocenters. The molecule has 0 spiro atoms. The summed E-state index contributed by atoms with van der Waals surface area (Å²) in [6, 6.07) is 12.1. The molecule has 0 aliphatic rings. The summed E-state index contributed by atoms with van der Waals surface area (Å²) in [7, 11) is 2.98. The van der Waals surface area contributed by atoms with E-state index in [1.165, 1.54) is 28.1 Å². The second kappa shape index (κ2) is 7.86. The molecule has 31 heavy (non-hydrogen) atoms. The number of imidazole rings is 1. The molecule has 0 amide bonds. The van der Waals surface area contributed by atoms with Crippen molar-refractivity contribution in [1.82, 2.24) is 23.3 Å². The molecule has 0 fully saturated rings. The number of rotatable bonds is 6. The predicted octanol–water partition coefficient (Wildman–Crippen LogP) is 1.98. The van der Waals surface area contributed by atoms with Crippen molar-refractivity contribution in [3.05, 3.63) is 86.1 Å². The van der Waals surface area contributed by atoms with E-state index in [4.69, 9.17) is 0 Å². The normalized spacial score (nSPS) is 11.4. The van der Waals surface area contributed by atoms with Crippen molar-refractivity contribution in [2.24, 2.45) is 14.1 Å². The Kier molecular flexibility index (Phi) is 5.22. The molecule has 0 unspecified atom stereocenters. The zero-order valence-electron chi connectivity index (χ0n) is 18.1. The zero-order chi connectivity index (χ0) is 22.3. The first-order valence-corrected chi connectivity index (χ1v) is 10.1. The lowest BCUT2D eigenvalue weighted by molar-refractivity contribution is 0.0972. The van der Waals surface area contributed by atoms with Crippen LogP contribution < -0.4 is 11.2 Å². The molecule has 4 rings (SSSR count). The number of aryl methyl sites for hydroxylation is 3. The van der Waals surface area contributed by atoms with Gasteiger partial charge in [0, 0.05) is 37.6 Å². The molecule has 4 aromatic rings. The predicted molar refractivity (Wildman–Crippen MR) is 119 cm³/mol. The zero-order valence-corrected chi connectivity index (χ0v) is 18.1. The summed E-state index contributed by atoms with van der Waals surface area (Å²) in [6.45, 7) is 4.70. The van der Waals surface area contributed by atoms with Crippen molar-refractivity contribution in [1.29, 1.82) is 0 Å². The van der Waals surface area contributed by atoms with Gasteiger partial charge in [0.05, 0.1) is 12.9 Å². The highest BCUT2D eigenvalue weighted by atomic mass is 16.2. The SMILES string of the molecule is Cc1cc(C(=O)Cn2cnc3c2c(=O)n(C)c(=O)n3C)c(C)n1CCc1ccccc1. The van der Waals surface area contributed by atoms with Crippen molar-refractivity contribution >= 4 is 16.9 Å². The van der Waals surface area contributed by atoms with Crippen molar-refractivity contribution in [3.8, 4) is 0 Å². The topological polar surface area (TPSA) is 83.8 Å². The summed E-state index contributed by atoms with van der Waals surface area (Å²) in [5, 5.41) is 0. The number of aromatic nitrogens is 5. The molecule has 0 N–H and O–H groups in total. The Morgan fingerprint density at radius 3 is 2.45 bits per heavy atom. The lowest BCUT2D eigenvalue weighted by Gasteiger charge is -2.10. The van der Waals surface area contributed by atoms with Gasteiger partial charge in [-0.3, -0.25) is 18.7 Å². The van der Waals surface area contributed by atoms with Gasteiger partial charge in [-0.1, -0.05) is 30.3 Å². The molecule has 0 radical (unpaired) electrons. The van der Waals surface area contributed by atoms with E-state index in [2.05, 4.69) is 21.7 Å². The number of carbonyl (C=O) groups excluding carboxylic acids is 1. The Balaban J connectivity index is 1.63. The molecule has 160 valence electrons. The molecular formula is C23H25N5O3. The third-order valence-electron chi connectivity index (χ3n) is 5.87. The monoisotopic (exact) mass is 419 g/mol. The number of carbonyl (C=O) groups is 1. The maximum Gasteiger partial charge on any atom is 0.332 e. The summed E-state index contributed by atoms with van der Waals surface area (Å²) in [5.41, 5.74) is 3.41. The number of hydrogen-bond donors (Lipinski definition) is 0. The van der Waals surface area contributed by atoms with Crippen LogP contribution in [0.4, 0.5) is 0 Å². The van der Waals surface area contributed by atoms with E-state index in [1.54, 1.807) is 7.05 Å². The van der Waals surface area contributed by atoms with Crippen molar-refractivity contribution in [3.63, 3.8) is 0 Å². The first-order chi connectivity index (χ1) is 14.8. The number of ketones is 1. The van der Waals surface area contributed by atoms with E-state index < -0.39 is 11.2 Å². The molecule has 8 nitrogen and oxygen atoms in total. The average molecular weight is 419 g/mol. The Morgan fingerprint density at radius 2 is 1.74 bits per heavy atom. The first-order valence-electron chi connectivity index (χ1n) is 10.1. The number of nitrogens with zero attached hydrogens (tertiary/aromatic N) is 5. The van der Waals surface area contributed by atoms with Gasteiger partial charge in [0.1, 0.15) is 0 Å². The maximum atomic E-state index is 13.1. The minimum Gasteiger partial charge on any atom is -0.348 e. The number of hydrogen-bond acceptors (Lipinski definition) is 4. The van der Waals surface area contributed by atoms with Crippen LogP contribution in [0.5, 0.6) is 0 Å². The van der Waals surface area contributed by atoms with Gasteiger partial charge < -0.3 is 9.13 Å². The molecule has 0 bridgehead atoms. The maximum absolute atomic E-state index is 13.1. The number of benzene rings is 1. The molecule has 8 heteroatoms. The van der Waals surface area contributed by atoms with Gasteiger partial charge in [-0.25, -0.2) is 9.78 Å². The minimum absolute atomic E-state index is 0.0209. The van der Waals surface area contributed by atoms with Crippen molar-refractivity contribution < 1.29 is 4.79 Å². The lowest BCUT2D eigenvalue weighted by Crippen LogP contribution is -2.37. The van der Waals surface area contributed by atoms with Crippen LogP contribution in [0.1, 0.15) is 27.3 Å². The third kappa shape index (κ3) is 3.54. The fraction of sp³-hybridized carbons (Fsp3) is 0.304. The standard InChI is InChI=1S/C23H25N5O3/c1-15-12-18(16(2)28(15)11-10-17-8-6-5-7-9-17)19(29)13-27-14-24-21-20(27)22(30)26(4)23(31)25(21)3/h5-9,12,14H,10-11,13H2,1-4H3. The van der Waals surface area contributed by atoms with E-state index in [1.807, 2.05) is 38.1 Å². The highest BCUT2D eigenvalue weighted by Crippen LogP contribution is 2.18. The second-order valence-electron chi connectivity index (χ2n) is 7.85. The minimum atomic E-state index is -0.461. The number of fused-ring (bicyclic) bond motifs is 1. The fourth-order valence-corrected chi connectivity index (χ4v) is 4.07. The van der Waals surface area contributed by atoms with E-state index in [0.717, 1.165) is 28.9 Å². The molecule has 0 aliphatic carbocycles. The van der Waals surface area contributed by atoms with E-state index in [9.17, 15) is 14.4 Å². The lowest BCUT2D eigenvalue weighted by atomic mass is 10.1. The van der Waals surface area contributed by atoms with Gasteiger partial charge in [0.15, 0.2) is 16.9 Å². The second-order valence-corrected chi connectivity index (χ2v) is 7.85. The van der Waals surface area contributed by atoms with Gasteiger partial charge >= 0.3 is 5.69 Å². The quantitative estimate of drug-likeness (QED) is 0.448. The summed E-state index contributed by atoms with van der Waals surface area (Å²) in [6.07, 6.45) is 2.32. The van der Waals surface area contributed by atoms with Gasteiger partial charge in [-0.15, -0.1) is 0 Å². The van der Waals surface area contributed by atoms with Crippen LogP contribution in [0.2, 0.25) is 0 Å². The molecule has 0 aliphatic heterocycles. The van der Waals surface area contributed by atoms with Crippen LogP contribution in [-0.4, -0.2) is 29.0 Å². The largest absolute Gasteiger partial charge is 0.348 e. The summed E-state index contributed by atoms with van der Waals surface area (Å²) in [4.78, 5) is 42.0. The fourth-order valence-electron chi connectivity index (χ4n) is 4.07. The van der Waals surface area contributed by atoms with Crippen molar-refractivity contribution in [2.45, 2.75) is 33.4 Å². The Labute approximate surface area is 179 Å². The van der Waals surface area contributed by atoms with Crippen LogP contribution in [0, 0.1) is 13.8 Å². The van der Waals surface area contributed by atoms with E-state index >= 15 is 0 Å². The Morgan fingerprint density at radius 1 is 1.03 bits per heavy atom. The molecule has 1 aromatic carbocycles. The van der Waals surface area contributed by atoms with Crippen LogP contribution in [0.3, 0.4) is 0 Å². The molecule has 0 saturated carbocycles. The van der Waals surface area contributed by atoms with Gasteiger partial charge in [0.2, 0.25) is 0 Å². The summed E-state index contributed by atoms with van der Waals surface area (Å²) in [5.74, 6) is -0.103. The van der Waals surface area contributed by atoms with Gasteiger partial charge in [0.25, 0.3) is 5.56 Å². The Bertz CT molecular complexity index is 1400. The molecule has 3 heterocycles. The number of Topliss-reactive ketones (excluding diaryl/α,β-unsaturated/α-hetero) is 1. The van der Waals surface area contributed by atoms with Crippen LogP contribution >= 0.6 is 0 Å². The van der Waals surface area contributed by atoms with Crippen LogP contribution in [0.15, 0.2) is 52.3 Å². The first kappa shape index (κ1) is 20.6. The average Bonchev–Trinajstić information content (AvgIpc) is 3.30. The summed E-state index contributed by atoms with van der Waals surface area (Å²) >= 11 is 0. The molecular weight excluding hydrogens is 394 g/mol. The van der Waals surface area contributed by atoms with Crippen molar-refractivity contribution in [2.75, 3.05) is 0 Å².